The number of likely N-dealkylation sites (tertiary alicyclic amines) is 1. The van der Waals surface area contributed by atoms with Crippen LogP contribution in [0, 0.1) is 6.92 Å². The van der Waals surface area contributed by atoms with Crippen LogP contribution in [-0.2, 0) is 6.42 Å². The molecule has 2 aromatic rings. The van der Waals surface area contributed by atoms with Crippen molar-refractivity contribution in [1.29, 1.82) is 0 Å². The Balaban J connectivity index is 1.82. The number of carbonyl (C=O) groups is 1. The van der Waals surface area contributed by atoms with Crippen molar-refractivity contribution in [2.24, 2.45) is 0 Å². The zero-order valence-electron chi connectivity index (χ0n) is 13.6. The van der Waals surface area contributed by atoms with E-state index in [0.29, 0.717) is 18.0 Å². The largest absolute Gasteiger partial charge is 0.478 e. The summed E-state index contributed by atoms with van der Waals surface area (Å²) < 4.78 is 2.11. The number of aromatic carboxylic acids is 1. The van der Waals surface area contributed by atoms with Crippen molar-refractivity contribution in [2.45, 2.75) is 32.2 Å². The van der Waals surface area contributed by atoms with Crippen LogP contribution in [0.5, 0.6) is 0 Å². The molecule has 0 aliphatic carbocycles. The highest BCUT2D eigenvalue weighted by atomic mass is 16.4. The van der Waals surface area contributed by atoms with Crippen molar-refractivity contribution in [1.82, 2.24) is 19.7 Å². The Morgan fingerprint density at radius 1 is 1.30 bits per heavy atom. The van der Waals surface area contributed by atoms with Gasteiger partial charge in [0.25, 0.3) is 0 Å². The normalized spacial score (nSPS) is 16.6. The molecule has 23 heavy (non-hydrogen) atoms. The molecule has 3 heterocycles. The summed E-state index contributed by atoms with van der Waals surface area (Å²) in [5.74, 6) is -0.914. The van der Waals surface area contributed by atoms with Crippen LogP contribution in [0.4, 0.5) is 0 Å². The van der Waals surface area contributed by atoms with Crippen LogP contribution in [0.15, 0.2) is 24.7 Å². The van der Waals surface area contributed by atoms with Crippen molar-refractivity contribution in [3.63, 3.8) is 0 Å². The Morgan fingerprint density at radius 3 is 2.74 bits per heavy atom. The van der Waals surface area contributed by atoms with E-state index >= 15 is 0 Å². The predicted octanol–water partition coefficient (Wildman–Crippen LogP) is 2.14. The van der Waals surface area contributed by atoms with Crippen LogP contribution in [0.2, 0.25) is 0 Å². The number of piperidine rings is 1. The second kappa shape index (κ2) is 6.50. The van der Waals surface area contributed by atoms with E-state index in [0.717, 1.165) is 42.8 Å². The van der Waals surface area contributed by atoms with E-state index in [1.54, 1.807) is 12.3 Å². The van der Waals surface area contributed by atoms with E-state index in [9.17, 15) is 9.90 Å². The molecule has 0 aromatic carbocycles. The van der Waals surface area contributed by atoms with E-state index in [1.165, 1.54) is 6.20 Å². The Hall–Kier alpha value is -2.21. The first kappa shape index (κ1) is 15.7. The van der Waals surface area contributed by atoms with Crippen molar-refractivity contribution in [2.75, 3.05) is 20.1 Å². The van der Waals surface area contributed by atoms with E-state index < -0.39 is 5.97 Å². The van der Waals surface area contributed by atoms with Gasteiger partial charge in [-0.2, -0.15) is 5.10 Å². The lowest BCUT2D eigenvalue weighted by molar-refractivity contribution is 0.0695. The van der Waals surface area contributed by atoms with E-state index in [-0.39, 0.29) is 0 Å². The summed E-state index contributed by atoms with van der Waals surface area (Å²) >= 11 is 0. The van der Waals surface area contributed by atoms with Gasteiger partial charge in [-0.3, -0.25) is 9.67 Å². The zero-order valence-corrected chi connectivity index (χ0v) is 13.6. The molecule has 1 saturated heterocycles. The summed E-state index contributed by atoms with van der Waals surface area (Å²) in [5.41, 5.74) is 3.23. The van der Waals surface area contributed by atoms with Gasteiger partial charge in [-0.15, -0.1) is 0 Å². The van der Waals surface area contributed by atoms with Crippen LogP contribution in [0.25, 0.3) is 0 Å². The Morgan fingerprint density at radius 2 is 2.04 bits per heavy atom. The summed E-state index contributed by atoms with van der Waals surface area (Å²) in [6.07, 6.45) is 7.77. The van der Waals surface area contributed by atoms with Gasteiger partial charge >= 0.3 is 5.97 Å². The van der Waals surface area contributed by atoms with E-state index in [4.69, 9.17) is 0 Å². The van der Waals surface area contributed by atoms with Gasteiger partial charge < -0.3 is 10.0 Å². The third-order valence-corrected chi connectivity index (χ3v) is 4.70. The molecular formula is C17H22N4O2. The lowest BCUT2D eigenvalue weighted by Crippen LogP contribution is -2.32. The lowest BCUT2D eigenvalue weighted by atomic mass is 10.0. The summed E-state index contributed by atoms with van der Waals surface area (Å²) in [6.45, 7) is 4.24. The third kappa shape index (κ3) is 3.27. The molecule has 0 bridgehead atoms. The predicted molar refractivity (Wildman–Crippen MR) is 86.7 cm³/mol. The highest BCUT2D eigenvalue weighted by Crippen LogP contribution is 2.25. The highest BCUT2D eigenvalue weighted by Gasteiger charge is 2.21. The van der Waals surface area contributed by atoms with Gasteiger partial charge in [0.2, 0.25) is 0 Å². The molecule has 0 amide bonds. The van der Waals surface area contributed by atoms with Crippen molar-refractivity contribution in [3.8, 4) is 0 Å². The third-order valence-electron chi connectivity index (χ3n) is 4.70. The van der Waals surface area contributed by atoms with Crippen LogP contribution in [-0.4, -0.2) is 50.9 Å². The monoisotopic (exact) mass is 314 g/mol. The number of carboxylic acids is 1. The van der Waals surface area contributed by atoms with Crippen LogP contribution in [0.1, 0.15) is 46.1 Å². The topological polar surface area (TPSA) is 71.2 Å². The van der Waals surface area contributed by atoms with Gasteiger partial charge in [0.15, 0.2) is 0 Å². The fraction of sp³-hybridized carbons (Fsp3) is 0.471. The fourth-order valence-corrected chi connectivity index (χ4v) is 3.22. The smallest absolute Gasteiger partial charge is 0.336 e. The minimum atomic E-state index is -0.914. The Labute approximate surface area is 135 Å². The molecule has 0 spiro atoms. The maximum Gasteiger partial charge on any atom is 0.336 e. The van der Waals surface area contributed by atoms with Gasteiger partial charge in [-0.1, -0.05) is 0 Å². The lowest BCUT2D eigenvalue weighted by Gasteiger charge is -2.29. The first-order chi connectivity index (χ1) is 11.1. The van der Waals surface area contributed by atoms with Gasteiger partial charge in [-0.25, -0.2) is 4.79 Å². The average molecular weight is 314 g/mol. The molecule has 1 N–H and O–H groups in total. The van der Waals surface area contributed by atoms with Crippen molar-refractivity contribution >= 4 is 5.97 Å². The summed E-state index contributed by atoms with van der Waals surface area (Å²) in [5, 5.41) is 13.9. The molecule has 1 aliphatic heterocycles. The summed E-state index contributed by atoms with van der Waals surface area (Å²) in [6, 6.07) is 1.99. The van der Waals surface area contributed by atoms with E-state index in [2.05, 4.69) is 33.6 Å². The molecular weight excluding hydrogens is 292 g/mol. The highest BCUT2D eigenvalue weighted by molar-refractivity contribution is 5.89. The first-order valence-electron chi connectivity index (χ1n) is 7.94. The summed E-state index contributed by atoms with van der Waals surface area (Å²) in [4.78, 5) is 17.7. The maximum atomic E-state index is 11.3. The number of carboxylic acid groups (broad SMARTS) is 1. The van der Waals surface area contributed by atoms with Gasteiger partial charge in [0, 0.05) is 24.5 Å². The maximum absolute atomic E-state index is 11.3. The van der Waals surface area contributed by atoms with Crippen LogP contribution >= 0.6 is 0 Å². The molecule has 122 valence electrons. The molecule has 1 fully saturated rings. The second-order valence-electron chi connectivity index (χ2n) is 6.25. The molecule has 0 radical (unpaired) electrons. The SMILES string of the molecule is Cc1c(Cc2cnccc2C(=O)O)cnn1C1CCN(C)CC1. The van der Waals surface area contributed by atoms with Crippen LogP contribution in [0.3, 0.4) is 0 Å². The molecule has 6 heteroatoms. The number of nitrogens with zero attached hydrogens (tertiary/aromatic N) is 4. The zero-order chi connectivity index (χ0) is 16.4. The van der Waals surface area contributed by atoms with Gasteiger partial charge in [-0.05, 0) is 57.1 Å². The molecule has 1 aliphatic rings. The number of hydrogen-bond acceptors (Lipinski definition) is 4. The number of pyridine rings is 1. The average Bonchev–Trinajstić information content (AvgIpc) is 2.90. The van der Waals surface area contributed by atoms with Crippen molar-refractivity contribution < 1.29 is 9.90 Å². The molecule has 0 unspecified atom stereocenters. The van der Waals surface area contributed by atoms with Crippen LogP contribution < -0.4 is 0 Å². The standard InChI is InChI=1S/C17H22N4O2/c1-12-13(9-14-10-18-6-3-16(14)17(22)23)11-19-21(12)15-4-7-20(2)8-5-15/h3,6,10-11,15H,4-5,7-9H2,1-2H3,(H,22,23). The van der Waals surface area contributed by atoms with Gasteiger partial charge in [0.1, 0.15) is 0 Å². The number of rotatable bonds is 4. The quantitative estimate of drug-likeness (QED) is 0.936. The summed E-state index contributed by atoms with van der Waals surface area (Å²) in [7, 11) is 2.15. The Bertz CT molecular complexity index is 702. The molecule has 0 saturated carbocycles. The molecule has 2 aromatic heterocycles. The fourth-order valence-electron chi connectivity index (χ4n) is 3.22. The van der Waals surface area contributed by atoms with Crippen molar-refractivity contribution in [3.05, 3.63) is 47.0 Å². The van der Waals surface area contributed by atoms with E-state index in [1.807, 2.05) is 6.20 Å². The number of aromatic nitrogens is 3. The Kier molecular flexibility index (Phi) is 4.43. The van der Waals surface area contributed by atoms with Gasteiger partial charge in [0.05, 0.1) is 17.8 Å². The molecule has 0 atom stereocenters. The minimum Gasteiger partial charge on any atom is -0.478 e. The molecule has 3 rings (SSSR count). The minimum absolute atomic E-state index is 0.312. The second-order valence-corrected chi connectivity index (χ2v) is 6.25. The number of hydrogen-bond donors (Lipinski definition) is 1. The first-order valence-corrected chi connectivity index (χ1v) is 7.94. The molecule has 6 nitrogen and oxygen atoms in total.